The van der Waals surface area contributed by atoms with Crippen molar-refractivity contribution in [1.82, 2.24) is 0 Å². The molecule has 0 aliphatic heterocycles. The number of ether oxygens (including phenoxy) is 1. The van der Waals surface area contributed by atoms with Crippen molar-refractivity contribution >= 4 is 17.4 Å². The lowest BCUT2D eigenvalue weighted by Crippen LogP contribution is -2.21. The molecule has 3 heteroatoms. The van der Waals surface area contributed by atoms with Crippen LogP contribution >= 0.6 is 11.6 Å². The van der Waals surface area contributed by atoms with E-state index in [2.05, 4.69) is 0 Å². The van der Waals surface area contributed by atoms with Gasteiger partial charge in [0.1, 0.15) is 6.10 Å². The summed E-state index contributed by atoms with van der Waals surface area (Å²) in [5, 5.41) is 0.671. The number of aryl methyl sites for hydroxylation is 2. The Labute approximate surface area is 130 Å². The van der Waals surface area contributed by atoms with Crippen molar-refractivity contribution in [3.63, 3.8) is 0 Å². The molecule has 0 radical (unpaired) electrons. The summed E-state index contributed by atoms with van der Waals surface area (Å²) >= 11 is 5.93. The molecule has 1 unspecified atom stereocenters. The van der Waals surface area contributed by atoms with Gasteiger partial charge in [-0.2, -0.15) is 0 Å². The third-order valence-electron chi connectivity index (χ3n) is 3.55. The van der Waals surface area contributed by atoms with Crippen LogP contribution in [-0.2, 0) is 11.3 Å². The van der Waals surface area contributed by atoms with Crippen molar-refractivity contribution in [2.75, 3.05) is 0 Å². The zero-order valence-electron chi connectivity index (χ0n) is 12.5. The summed E-state index contributed by atoms with van der Waals surface area (Å²) in [6, 6.07) is 13.2. The van der Waals surface area contributed by atoms with Gasteiger partial charge in [-0.05, 0) is 55.7 Å². The van der Waals surface area contributed by atoms with E-state index in [1.165, 1.54) is 5.56 Å². The summed E-state index contributed by atoms with van der Waals surface area (Å²) < 4.78 is 5.66. The van der Waals surface area contributed by atoms with Crippen molar-refractivity contribution in [3.8, 4) is 0 Å². The molecule has 2 aromatic rings. The number of rotatable bonds is 5. The Balaban J connectivity index is 2.00. The average molecular weight is 303 g/mol. The first-order valence-electron chi connectivity index (χ1n) is 6.95. The molecule has 2 rings (SSSR count). The van der Waals surface area contributed by atoms with Gasteiger partial charge in [0, 0.05) is 10.6 Å². The molecule has 0 saturated heterocycles. The normalized spacial score (nSPS) is 12.2. The third kappa shape index (κ3) is 4.16. The summed E-state index contributed by atoms with van der Waals surface area (Å²) in [6.45, 7) is 6.19. The highest BCUT2D eigenvalue weighted by Crippen LogP contribution is 2.15. The van der Waals surface area contributed by atoms with Crippen LogP contribution in [0.15, 0.2) is 42.5 Å². The minimum absolute atomic E-state index is 0.000119. The Morgan fingerprint density at radius 3 is 2.57 bits per heavy atom. The summed E-state index contributed by atoms with van der Waals surface area (Å²) in [4.78, 5) is 12.3. The monoisotopic (exact) mass is 302 g/mol. The van der Waals surface area contributed by atoms with Crippen LogP contribution in [0.1, 0.15) is 34.0 Å². The summed E-state index contributed by atoms with van der Waals surface area (Å²) in [5.74, 6) is 0.000119. The first-order valence-corrected chi connectivity index (χ1v) is 7.32. The van der Waals surface area contributed by atoms with E-state index in [0.717, 1.165) is 11.1 Å². The standard InChI is InChI=1S/C18H19ClO2/c1-12-7-8-16(9-13(12)2)18(20)14(3)21-11-15-5-4-6-17(19)10-15/h4-10,14H,11H2,1-3H3. The Morgan fingerprint density at radius 2 is 1.90 bits per heavy atom. The number of benzene rings is 2. The Morgan fingerprint density at radius 1 is 1.14 bits per heavy atom. The summed E-state index contributed by atoms with van der Waals surface area (Å²) in [7, 11) is 0. The molecule has 0 saturated carbocycles. The van der Waals surface area contributed by atoms with Gasteiger partial charge in [-0.1, -0.05) is 35.9 Å². The predicted molar refractivity (Wildman–Crippen MR) is 85.9 cm³/mol. The lowest BCUT2D eigenvalue weighted by atomic mass is 10.0. The van der Waals surface area contributed by atoms with Gasteiger partial charge in [-0.15, -0.1) is 0 Å². The van der Waals surface area contributed by atoms with E-state index in [1.807, 2.05) is 56.3 Å². The van der Waals surface area contributed by atoms with Gasteiger partial charge >= 0.3 is 0 Å². The molecule has 0 spiro atoms. The number of Topliss-reactive ketones (excluding diaryl/α,β-unsaturated/α-hetero) is 1. The molecular formula is C18H19ClO2. The molecule has 0 aromatic heterocycles. The maximum Gasteiger partial charge on any atom is 0.191 e. The van der Waals surface area contributed by atoms with E-state index in [9.17, 15) is 4.79 Å². The highest BCUT2D eigenvalue weighted by molar-refractivity contribution is 6.30. The minimum atomic E-state index is -0.480. The predicted octanol–water partition coefficient (Wildman–Crippen LogP) is 4.74. The number of hydrogen-bond acceptors (Lipinski definition) is 2. The topological polar surface area (TPSA) is 26.3 Å². The van der Waals surface area contributed by atoms with Crippen LogP contribution in [0.25, 0.3) is 0 Å². The molecule has 110 valence electrons. The van der Waals surface area contributed by atoms with E-state index in [1.54, 1.807) is 6.92 Å². The van der Waals surface area contributed by atoms with Gasteiger partial charge in [0.25, 0.3) is 0 Å². The second-order valence-corrected chi connectivity index (χ2v) is 5.68. The van der Waals surface area contributed by atoms with Crippen molar-refractivity contribution in [1.29, 1.82) is 0 Å². The Hall–Kier alpha value is -1.64. The number of carbonyl (C=O) groups excluding carboxylic acids is 1. The molecule has 0 N–H and O–H groups in total. The largest absolute Gasteiger partial charge is 0.366 e. The first-order chi connectivity index (χ1) is 9.97. The highest BCUT2D eigenvalue weighted by Gasteiger charge is 2.16. The smallest absolute Gasteiger partial charge is 0.191 e. The summed E-state index contributed by atoms with van der Waals surface area (Å²) in [5.41, 5.74) is 3.95. The van der Waals surface area contributed by atoms with Crippen molar-refractivity contribution < 1.29 is 9.53 Å². The third-order valence-corrected chi connectivity index (χ3v) is 3.78. The van der Waals surface area contributed by atoms with Gasteiger partial charge in [-0.3, -0.25) is 4.79 Å². The average Bonchev–Trinajstić information content (AvgIpc) is 2.47. The van der Waals surface area contributed by atoms with Crippen molar-refractivity contribution in [3.05, 3.63) is 69.7 Å². The molecule has 0 bridgehead atoms. The van der Waals surface area contributed by atoms with Gasteiger partial charge in [0.2, 0.25) is 0 Å². The lowest BCUT2D eigenvalue weighted by molar-refractivity contribution is 0.0412. The van der Waals surface area contributed by atoms with E-state index in [4.69, 9.17) is 16.3 Å². The summed E-state index contributed by atoms with van der Waals surface area (Å²) in [6.07, 6.45) is -0.480. The molecule has 2 aromatic carbocycles. The quantitative estimate of drug-likeness (QED) is 0.745. The molecule has 0 amide bonds. The molecule has 0 aliphatic rings. The first kappa shape index (κ1) is 15.7. The van der Waals surface area contributed by atoms with Crippen LogP contribution in [-0.4, -0.2) is 11.9 Å². The zero-order valence-corrected chi connectivity index (χ0v) is 13.3. The fourth-order valence-electron chi connectivity index (χ4n) is 2.05. The Kier molecular flexibility index (Phi) is 5.16. The van der Waals surface area contributed by atoms with Crippen LogP contribution in [0, 0.1) is 13.8 Å². The van der Waals surface area contributed by atoms with E-state index in [-0.39, 0.29) is 5.78 Å². The second-order valence-electron chi connectivity index (χ2n) is 5.25. The van der Waals surface area contributed by atoms with Gasteiger partial charge < -0.3 is 4.74 Å². The number of hydrogen-bond donors (Lipinski definition) is 0. The van der Waals surface area contributed by atoms with Crippen molar-refractivity contribution in [2.24, 2.45) is 0 Å². The molecule has 1 atom stereocenters. The number of halogens is 1. The number of ketones is 1. The molecule has 0 aliphatic carbocycles. The van der Waals surface area contributed by atoms with Gasteiger partial charge in [0.15, 0.2) is 5.78 Å². The molecule has 21 heavy (non-hydrogen) atoms. The maximum atomic E-state index is 12.3. The van der Waals surface area contributed by atoms with E-state index >= 15 is 0 Å². The zero-order chi connectivity index (χ0) is 15.4. The molecule has 0 fully saturated rings. The van der Waals surface area contributed by atoms with Crippen LogP contribution < -0.4 is 0 Å². The van der Waals surface area contributed by atoms with Crippen LogP contribution in [0.3, 0.4) is 0 Å². The van der Waals surface area contributed by atoms with Gasteiger partial charge in [-0.25, -0.2) is 0 Å². The lowest BCUT2D eigenvalue weighted by Gasteiger charge is -2.13. The highest BCUT2D eigenvalue weighted by atomic mass is 35.5. The second kappa shape index (κ2) is 6.88. The maximum absolute atomic E-state index is 12.3. The van der Waals surface area contributed by atoms with Crippen LogP contribution in [0.2, 0.25) is 5.02 Å². The Bertz CT molecular complexity index is 649. The van der Waals surface area contributed by atoms with Gasteiger partial charge in [0.05, 0.1) is 6.61 Å². The van der Waals surface area contributed by atoms with Crippen LogP contribution in [0.5, 0.6) is 0 Å². The number of carbonyl (C=O) groups is 1. The fourth-order valence-corrected chi connectivity index (χ4v) is 2.27. The SMILES string of the molecule is Cc1ccc(C(=O)C(C)OCc2cccc(Cl)c2)cc1C. The van der Waals surface area contributed by atoms with E-state index in [0.29, 0.717) is 17.2 Å². The fraction of sp³-hybridized carbons (Fsp3) is 0.278. The minimum Gasteiger partial charge on any atom is -0.366 e. The van der Waals surface area contributed by atoms with Crippen molar-refractivity contribution in [2.45, 2.75) is 33.5 Å². The molecular weight excluding hydrogens is 284 g/mol. The molecule has 0 heterocycles. The van der Waals surface area contributed by atoms with Crippen LogP contribution in [0.4, 0.5) is 0 Å². The van der Waals surface area contributed by atoms with E-state index < -0.39 is 6.10 Å². The molecule has 2 nitrogen and oxygen atoms in total.